The van der Waals surface area contributed by atoms with Gasteiger partial charge in [-0.2, -0.15) is 0 Å². The van der Waals surface area contributed by atoms with Gasteiger partial charge >= 0.3 is 0 Å². The fraction of sp³-hybridized carbons (Fsp3) is 0.400. The first-order chi connectivity index (χ1) is 7.10. The summed E-state index contributed by atoms with van der Waals surface area (Å²) in [5.74, 6) is 1.46. The van der Waals surface area contributed by atoms with Crippen LogP contribution in [0.15, 0.2) is 21.8 Å². The lowest BCUT2D eigenvalue weighted by Crippen LogP contribution is -2.24. The van der Waals surface area contributed by atoms with Crippen LogP contribution >= 0.6 is 11.6 Å². The second kappa shape index (κ2) is 4.91. The first-order valence-corrected chi connectivity index (χ1v) is 4.70. The second-order valence-electron chi connectivity index (χ2n) is 3.12. The molecule has 0 radical (unpaired) electrons. The molecule has 1 rings (SSSR count). The molecule has 1 heterocycles. The van der Waals surface area contributed by atoms with E-state index in [9.17, 15) is 9.59 Å². The average Bonchev–Trinajstić information content (AvgIpc) is 2.18. The highest BCUT2D eigenvalue weighted by atomic mass is 35.5. The zero-order valence-corrected chi connectivity index (χ0v) is 9.17. The lowest BCUT2D eigenvalue weighted by molar-refractivity contribution is -0.117. The first-order valence-electron chi connectivity index (χ1n) is 4.32. The summed E-state index contributed by atoms with van der Waals surface area (Å²) in [7, 11) is 1.43. The van der Waals surface area contributed by atoms with Gasteiger partial charge in [-0.3, -0.25) is 4.79 Å². The zero-order valence-electron chi connectivity index (χ0n) is 8.41. The predicted molar refractivity (Wildman–Crippen MR) is 56.4 cm³/mol. The normalized spacial score (nSPS) is 20.2. The molecule has 1 aliphatic heterocycles. The van der Waals surface area contributed by atoms with Crippen molar-refractivity contribution >= 4 is 29.2 Å². The number of ether oxygens (including phenoxy) is 1. The van der Waals surface area contributed by atoms with Crippen LogP contribution in [-0.4, -0.2) is 24.7 Å². The lowest BCUT2D eigenvalue weighted by atomic mass is 9.93. The third kappa shape index (κ3) is 2.55. The fourth-order valence-electron chi connectivity index (χ4n) is 1.36. The van der Waals surface area contributed by atoms with Crippen LogP contribution in [0.4, 0.5) is 0 Å². The Balaban J connectivity index is 3.08. The quantitative estimate of drug-likeness (QED) is 0.672. The molecule has 0 aromatic carbocycles. The zero-order chi connectivity index (χ0) is 11.4. The van der Waals surface area contributed by atoms with Crippen molar-refractivity contribution in [1.29, 1.82) is 0 Å². The van der Waals surface area contributed by atoms with Crippen molar-refractivity contribution in [2.45, 2.75) is 13.3 Å². The van der Waals surface area contributed by atoms with Gasteiger partial charge in [0.2, 0.25) is 0 Å². The lowest BCUT2D eigenvalue weighted by Gasteiger charge is -2.19. The van der Waals surface area contributed by atoms with Crippen LogP contribution < -0.4 is 0 Å². The molecular formula is C10H10ClNO3. The molecule has 0 amide bonds. The van der Waals surface area contributed by atoms with Gasteiger partial charge in [-0.05, 0) is 6.92 Å². The Hall–Kier alpha value is -1.38. The monoisotopic (exact) mass is 227 g/mol. The van der Waals surface area contributed by atoms with E-state index in [1.54, 1.807) is 5.94 Å². The number of hydrogen-bond donors (Lipinski definition) is 0. The summed E-state index contributed by atoms with van der Waals surface area (Å²) in [4.78, 5) is 25.7. The Morgan fingerprint density at radius 3 is 2.87 bits per heavy atom. The minimum absolute atomic E-state index is 0.0659. The molecule has 0 aromatic heterocycles. The number of carbonyl (C=O) groups is 1. The molecule has 0 spiro atoms. The van der Waals surface area contributed by atoms with Gasteiger partial charge in [0.05, 0.1) is 29.8 Å². The topological polar surface area (TPSA) is 55.7 Å². The van der Waals surface area contributed by atoms with E-state index < -0.39 is 5.92 Å². The molecule has 1 aliphatic rings. The number of carbonyl (C=O) groups excluding carboxylic acids is 2. The fourth-order valence-corrected chi connectivity index (χ4v) is 1.58. The van der Waals surface area contributed by atoms with Crippen molar-refractivity contribution in [1.82, 2.24) is 0 Å². The highest BCUT2D eigenvalue weighted by Crippen LogP contribution is 2.29. The molecule has 1 atom stereocenters. The van der Waals surface area contributed by atoms with Gasteiger partial charge in [0.1, 0.15) is 11.7 Å². The molecular weight excluding hydrogens is 218 g/mol. The van der Waals surface area contributed by atoms with E-state index in [0.29, 0.717) is 5.90 Å². The van der Waals surface area contributed by atoms with Crippen molar-refractivity contribution in [2.24, 2.45) is 10.9 Å². The molecule has 1 unspecified atom stereocenters. The van der Waals surface area contributed by atoms with Crippen LogP contribution in [-0.2, 0) is 14.3 Å². The highest BCUT2D eigenvalue weighted by molar-refractivity contribution is 6.33. The smallest absolute Gasteiger partial charge is 0.196 e. The van der Waals surface area contributed by atoms with Crippen molar-refractivity contribution in [2.75, 3.05) is 7.11 Å². The van der Waals surface area contributed by atoms with E-state index in [4.69, 9.17) is 16.3 Å². The Morgan fingerprint density at radius 2 is 2.40 bits per heavy atom. The number of Topliss-reactive ketones (excluding diaryl/α,β-unsaturated/α-hetero) is 1. The Morgan fingerprint density at radius 1 is 1.73 bits per heavy atom. The summed E-state index contributed by atoms with van der Waals surface area (Å²) in [5.41, 5.74) is 0.221. The third-order valence-electron chi connectivity index (χ3n) is 2.02. The van der Waals surface area contributed by atoms with Crippen molar-refractivity contribution < 1.29 is 14.3 Å². The summed E-state index contributed by atoms with van der Waals surface area (Å²) in [5, 5.41) is 0.206. The third-order valence-corrected chi connectivity index (χ3v) is 2.32. The Bertz CT molecular complexity index is 391. The van der Waals surface area contributed by atoms with Crippen LogP contribution in [0.2, 0.25) is 0 Å². The molecule has 0 saturated heterocycles. The van der Waals surface area contributed by atoms with Gasteiger partial charge in [-0.25, -0.2) is 9.79 Å². The second-order valence-corrected chi connectivity index (χ2v) is 3.53. The maximum absolute atomic E-state index is 11.0. The van der Waals surface area contributed by atoms with Crippen LogP contribution in [0.5, 0.6) is 0 Å². The molecule has 5 heteroatoms. The molecule has 80 valence electrons. The Kier molecular flexibility index (Phi) is 3.83. The summed E-state index contributed by atoms with van der Waals surface area (Å²) in [6.45, 7) is 1.43. The number of allylic oxidation sites excluding steroid dienone is 1. The summed E-state index contributed by atoms with van der Waals surface area (Å²) in [6.07, 6.45) is 1.46. The molecule has 0 bridgehead atoms. The molecule has 0 aliphatic carbocycles. The maximum atomic E-state index is 11.0. The first kappa shape index (κ1) is 11.7. The standard InChI is InChI=1S/C10H10ClNO3/c1-6(14)3-7-8(5-13)9(11)4-12-10(7)15-2/h4,7H,3H2,1-2H3. The highest BCUT2D eigenvalue weighted by Gasteiger charge is 2.29. The van der Waals surface area contributed by atoms with Crippen LogP contribution in [0.25, 0.3) is 0 Å². The van der Waals surface area contributed by atoms with Crippen LogP contribution in [0.1, 0.15) is 13.3 Å². The van der Waals surface area contributed by atoms with Gasteiger partial charge in [0, 0.05) is 6.42 Å². The average molecular weight is 228 g/mol. The van der Waals surface area contributed by atoms with Crippen LogP contribution in [0, 0.1) is 5.92 Å². The van der Waals surface area contributed by atoms with E-state index >= 15 is 0 Å². The number of hydrogen-bond acceptors (Lipinski definition) is 4. The molecule has 4 nitrogen and oxygen atoms in total. The number of halogens is 1. The summed E-state index contributed by atoms with van der Waals surface area (Å²) < 4.78 is 4.98. The number of aliphatic imine (C=N–C) groups is 1. The number of methoxy groups -OCH3 is 1. The number of rotatable bonds is 2. The molecule has 15 heavy (non-hydrogen) atoms. The van der Waals surface area contributed by atoms with E-state index in [1.165, 1.54) is 20.2 Å². The van der Waals surface area contributed by atoms with Gasteiger partial charge in [0.15, 0.2) is 5.90 Å². The van der Waals surface area contributed by atoms with Crippen LogP contribution in [0.3, 0.4) is 0 Å². The summed E-state index contributed by atoms with van der Waals surface area (Å²) in [6, 6.07) is 0. The minimum Gasteiger partial charge on any atom is -0.484 e. The maximum Gasteiger partial charge on any atom is 0.196 e. The van der Waals surface area contributed by atoms with Crippen molar-refractivity contribution in [3.63, 3.8) is 0 Å². The van der Waals surface area contributed by atoms with Gasteiger partial charge < -0.3 is 4.74 Å². The Labute approximate surface area is 92.3 Å². The minimum atomic E-state index is -0.512. The molecule has 0 fully saturated rings. The van der Waals surface area contributed by atoms with Crippen molar-refractivity contribution in [3.05, 3.63) is 16.8 Å². The van der Waals surface area contributed by atoms with E-state index in [1.807, 2.05) is 0 Å². The molecule has 0 N–H and O–H groups in total. The SMILES string of the molecule is COC1=NC=C(Cl)C(=C=O)C1CC(C)=O. The van der Waals surface area contributed by atoms with E-state index in [0.717, 1.165) is 0 Å². The molecule has 0 saturated carbocycles. The van der Waals surface area contributed by atoms with Crippen molar-refractivity contribution in [3.8, 4) is 0 Å². The van der Waals surface area contributed by atoms with E-state index in [-0.39, 0.29) is 22.8 Å². The summed E-state index contributed by atoms with van der Waals surface area (Å²) >= 11 is 5.77. The number of nitrogens with zero attached hydrogens (tertiary/aromatic N) is 1. The van der Waals surface area contributed by atoms with E-state index in [2.05, 4.69) is 4.99 Å². The van der Waals surface area contributed by atoms with Gasteiger partial charge in [-0.15, -0.1) is 0 Å². The molecule has 0 aromatic rings. The number of ketones is 1. The largest absolute Gasteiger partial charge is 0.484 e. The van der Waals surface area contributed by atoms with Gasteiger partial charge in [0.25, 0.3) is 0 Å². The predicted octanol–water partition coefficient (Wildman–Crippen LogP) is 1.48. The van der Waals surface area contributed by atoms with Gasteiger partial charge in [-0.1, -0.05) is 11.6 Å².